The van der Waals surface area contributed by atoms with Gasteiger partial charge in [0.05, 0.1) is 18.0 Å². The summed E-state index contributed by atoms with van der Waals surface area (Å²) in [4.78, 5) is 0. The van der Waals surface area contributed by atoms with Gasteiger partial charge in [-0.25, -0.2) is 4.39 Å². The quantitative estimate of drug-likeness (QED) is 0.493. The number of anilines is 1. The molecule has 0 spiro atoms. The molecule has 7 heteroatoms. The van der Waals surface area contributed by atoms with E-state index < -0.39 is 0 Å². The Morgan fingerprint density at radius 1 is 1.23 bits per heavy atom. The molecule has 0 saturated heterocycles. The first kappa shape index (κ1) is 21.5. The van der Waals surface area contributed by atoms with E-state index in [-0.39, 0.29) is 12.4 Å². The first-order valence-corrected chi connectivity index (χ1v) is 9.87. The average Bonchev–Trinajstić information content (AvgIpc) is 2.99. The lowest BCUT2D eigenvalue weighted by Crippen LogP contribution is -2.15. The second-order valence-corrected chi connectivity index (χ2v) is 7.20. The predicted molar refractivity (Wildman–Crippen MR) is 119 cm³/mol. The molecule has 0 aliphatic rings. The minimum Gasteiger partial charge on any atom is -0.493 e. The maximum Gasteiger partial charge on any atom is 0.127 e. The van der Waals surface area contributed by atoms with Gasteiger partial charge in [-0.15, -0.1) is 0 Å². The number of benzene rings is 2. The van der Waals surface area contributed by atoms with Crippen LogP contribution in [0.2, 0.25) is 0 Å². The van der Waals surface area contributed by atoms with Crippen molar-refractivity contribution in [2.24, 2.45) is 12.8 Å². The monoisotopic (exact) mass is 409 g/mol. The SMILES string of the molecule is CNc1ccc(-c2cc(F)ccc2OCCc2c(C)nn(C)c2C)cc1C(=N)CN. The largest absolute Gasteiger partial charge is 0.493 e. The predicted octanol–water partition coefficient (Wildman–Crippen LogP) is 3.83. The van der Waals surface area contributed by atoms with E-state index in [2.05, 4.69) is 10.4 Å². The third-order valence-electron chi connectivity index (χ3n) is 5.34. The molecule has 0 fully saturated rings. The minimum atomic E-state index is -0.343. The van der Waals surface area contributed by atoms with Crippen molar-refractivity contribution in [1.29, 1.82) is 5.41 Å². The summed E-state index contributed by atoms with van der Waals surface area (Å²) in [6.07, 6.45) is 0.712. The van der Waals surface area contributed by atoms with Gasteiger partial charge in [0.25, 0.3) is 0 Å². The first-order chi connectivity index (χ1) is 14.3. The molecule has 3 aromatic rings. The van der Waals surface area contributed by atoms with Crippen molar-refractivity contribution in [1.82, 2.24) is 9.78 Å². The second-order valence-electron chi connectivity index (χ2n) is 7.20. The van der Waals surface area contributed by atoms with E-state index in [0.29, 0.717) is 35.6 Å². The summed E-state index contributed by atoms with van der Waals surface area (Å²) < 4.78 is 22.0. The van der Waals surface area contributed by atoms with Crippen LogP contribution >= 0.6 is 0 Å². The van der Waals surface area contributed by atoms with Crippen LogP contribution in [0.5, 0.6) is 5.75 Å². The van der Waals surface area contributed by atoms with Gasteiger partial charge in [0.2, 0.25) is 0 Å². The summed E-state index contributed by atoms with van der Waals surface area (Å²) >= 11 is 0. The molecule has 0 saturated carbocycles. The fourth-order valence-electron chi connectivity index (χ4n) is 3.59. The van der Waals surface area contributed by atoms with E-state index in [4.69, 9.17) is 15.9 Å². The summed E-state index contributed by atoms with van der Waals surface area (Å²) in [6.45, 7) is 4.60. The average molecular weight is 410 g/mol. The summed E-state index contributed by atoms with van der Waals surface area (Å²) in [5.41, 5.74) is 12.2. The van der Waals surface area contributed by atoms with Crippen LogP contribution in [0.4, 0.5) is 10.1 Å². The van der Waals surface area contributed by atoms with Gasteiger partial charge in [-0.2, -0.15) is 5.10 Å². The molecular weight excluding hydrogens is 381 g/mol. The summed E-state index contributed by atoms with van der Waals surface area (Å²) in [7, 11) is 3.72. The van der Waals surface area contributed by atoms with Gasteiger partial charge in [-0.05, 0) is 55.3 Å². The fourth-order valence-corrected chi connectivity index (χ4v) is 3.59. The molecule has 4 N–H and O–H groups in total. The number of aryl methyl sites for hydroxylation is 2. The third-order valence-corrected chi connectivity index (χ3v) is 5.34. The van der Waals surface area contributed by atoms with Gasteiger partial charge in [0, 0.05) is 49.6 Å². The molecule has 0 radical (unpaired) electrons. The molecule has 1 heterocycles. The Labute approximate surface area is 176 Å². The molecule has 0 unspecified atom stereocenters. The number of rotatable bonds is 8. The Bertz CT molecular complexity index is 1070. The number of nitrogens with one attached hydrogen (secondary N) is 2. The Balaban J connectivity index is 1.89. The van der Waals surface area contributed by atoms with Gasteiger partial charge in [0.1, 0.15) is 11.6 Å². The van der Waals surface area contributed by atoms with Gasteiger partial charge in [-0.3, -0.25) is 4.68 Å². The van der Waals surface area contributed by atoms with Crippen LogP contribution in [0.15, 0.2) is 36.4 Å². The Morgan fingerprint density at radius 2 is 2.00 bits per heavy atom. The lowest BCUT2D eigenvalue weighted by atomic mass is 9.98. The zero-order valence-electron chi connectivity index (χ0n) is 17.8. The van der Waals surface area contributed by atoms with Crippen LogP contribution in [0, 0.1) is 25.1 Å². The van der Waals surface area contributed by atoms with Crippen molar-refractivity contribution in [3.63, 3.8) is 0 Å². The van der Waals surface area contributed by atoms with E-state index in [9.17, 15) is 4.39 Å². The van der Waals surface area contributed by atoms with E-state index in [0.717, 1.165) is 22.6 Å². The second kappa shape index (κ2) is 9.09. The summed E-state index contributed by atoms with van der Waals surface area (Å²) in [5.74, 6) is 0.252. The maximum atomic E-state index is 14.1. The molecule has 6 nitrogen and oxygen atoms in total. The summed E-state index contributed by atoms with van der Waals surface area (Å²) in [5, 5.41) is 15.7. The van der Waals surface area contributed by atoms with Gasteiger partial charge in [-0.1, -0.05) is 6.07 Å². The van der Waals surface area contributed by atoms with Crippen LogP contribution < -0.4 is 15.8 Å². The molecule has 0 atom stereocenters. The van der Waals surface area contributed by atoms with Gasteiger partial charge < -0.3 is 21.2 Å². The highest BCUT2D eigenvalue weighted by atomic mass is 19.1. The van der Waals surface area contributed by atoms with E-state index in [1.54, 1.807) is 13.1 Å². The standard InChI is InChI=1S/C23H28FN5O/c1-14-18(15(2)29(4)28-14)9-10-30-23-8-6-17(24)12-19(23)16-5-7-22(27-3)20(11-16)21(26)13-25/h5-8,11-12,26-27H,9-10,13,25H2,1-4H3. The van der Waals surface area contributed by atoms with E-state index in [1.807, 2.05) is 43.8 Å². The van der Waals surface area contributed by atoms with Crippen LogP contribution in [0.1, 0.15) is 22.5 Å². The number of nitrogens with zero attached hydrogens (tertiary/aromatic N) is 2. The zero-order chi connectivity index (χ0) is 21.8. The highest BCUT2D eigenvalue weighted by Crippen LogP contribution is 2.33. The molecule has 0 bridgehead atoms. The van der Waals surface area contributed by atoms with Crippen LogP contribution in [-0.4, -0.2) is 35.7 Å². The molecule has 1 aromatic heterocycles. The highest BCUT2D eigenvalue weighted by Gasteiger charge is 2.14. The Morgan fingerprint density at radius 3 is 2.63 bits per heavy atom. The number of nitrogens with two attached hydrogens (primary N) is 1. The molecule has 0 aliphatic heterocycles. The van der Waals surface area contributed by atoms with Crippen molar-refractivity contribution in [2.75, 3.05) is 25.5 Å². The molecule has 0 amide bonds. The van der Waals surface area contributed by atoms with Crippen LogP contribution in [0.3, 0.4) is 0 Å². The van der Waals surface area contributed by atoms with Crippen molar-refractivity contribution < 1.29 is 9.13 Å². The van der Waals surface area contributed by atoms with Gasteiger partial charge in [0.15, 0.2) is 0 Å². The normalized spacial score (nSPS) is 10.9. The Hall–Kier alpha value is -3.19. The molecule has 0 aliphatic carbocycles. The smallest absolute Gasteiger partial charge is 0.127 e. The molecule has 30 heavy (non-hydrogen) atoms. The molecule has 2 aromatic carbocycles. The maximum absolute atomic E-state index is 14.1. The number of hydrogen-bond acceptors (Lipinski definition) is 5. The number of halogens is 1. The van der Waals surface area contributed by atoms with Crippen molar-refractivity contribution in [2.45, 2.75) is 20.3 Å². The third kappa shape index (κ3) is 4.36. The zero-order valence-corrected chi connectivity index (χ0v) is 17.8. The van der Waals surface area contributed by atoms with Crippen molar-refractivity contribution >= 4 is 11.4 Å². The van der Waals surface area contributed by atoms with Crippen molar-refractivity contribution in [3.05, 3.63) is 64.7 Å². The van der Waals surface area contributed by atoms with Crippen LogP contribution in [-0.2, 0) is 13.5 Å². The van der Waals surface area contributed by atoms with E-state index in [1.165, 1.54) is 17.7 Å². The molecular formula is C23H28FN5O. The van der Waals surface area contributed by atoms with Crippen LogP contribution in [0.25, 0.3) is 11.1 Å². The number of aromatic nitrogens is 2. The Kier molecular flexibility index (Phi) is 6.52. The lowest BCUT2D eigenvalue weighted by molar-refractivity contribution is 0.322. The summed E-state index contributed by atoms with van der Waals surface area (Å²) in [6, 6.07) is 10.1. The van der Waals surface area contributed by atoms with Crippen molar-refractivity contribution in [3.8, 4) is 16.9 Å². The molecule has 158 valence electrons. The lowest BCUT2D eigenvalue weighted by Gasteiger charge is -2.15. The number of ether oxygens (including phenoxy) is 1. The minimum absolute atomic E-state index is 0.119. The molecule has 3 rings (SSSR count). The topological polar surface area (TPSA) is 89.0 Å². The fraction of sp³-hybridized carbons (Fsp3) is 0.304. The highest BCUT2D eigenvalue weighted by molar-refractivity contribution is 6.05. The first-order valence-electron chi connectivity index (χ1n) is 9.87. The van der Waals surface area contributed by atoms with E-state index >= 15 is 0 Å². The number of hydrogen-bond donors (Lipinski definition) is 3. The van der Waals surface area contributed by atoms with Gasteiger partial charge >= 0.3 is 0 Å².